The van der Waals surface area contributed by atoms with E-state index in [1.54, 1.807) is 31.2 Å². The van der Waals surface area contributed by atoms with E-state index >= 15 is 0 Å². The summed E-state index contributed by atoms with van der Waals surface area (Å²) < 4.78 is 35.5. The number of nitriles is 1. The summed E-state index contributed by atoms with van der Waals surface area (Å²) in [5, 5.41) is 8.92. The number of anilines is 2. The highest BCUT2D eigenvalue weighted by Gasteiger charge is 2.51. The maximum atomic E-state index is 13.9. The molecule has 4 aromatic rings. The molecule has 0 fully saturated rings. The quantitative estimate of drug-likeness (QED) is 0.357. The van der Waals surface area contributed by atoms with Crippen LogP contribution in [0.3, 0.4) is 0 Å². The number of hydrogen-bond donors (Lipinski definition) is 1. The van der Waals surface area contributed by atoms with Crippen LogP contribution in [0, 0.1) is 11.3 Å². The van der Waals surface area contributed by atoms with Crippen molar-refractivity contribution in [2.24, 2.45) is 0 Å². The number of fused-ring (bicyclic) bond motifs is 1. The van der Waals surface area contributed by atoms with Gasteiger partial charge in [-0.25, -0.2) is 19.9 Å². The van der Waals surface area contributed by atoms with E-state index in [1.165, 1.54) is 40.1 Å². The van der Waals surface area contributed by atoms with Crippen LogP contribution in [0.4, 0.5) is 11.6 Å². The van der Waals surface area contributed by atoms with Gasteiger partial charge in [0, 0.05) is 34.4 Å². The second kappa shape index (κ2) is 8.93. The van der Waals surface area contributed by atoms with E-state index < -0.39 is 26.6 Å². The molecular weight excluding hydrogens is 539 g/mol. The van der Waals surface area contributed by atoms with E-state index in [-0.39, 0.29) is 28.2 Å². The molecule has 13 heteroatoms. The molecule has 1 N–H and O–H groups in total. The minimum atomic E-state index is -4.71. The Morgan fingerprint density at radius 2 is 1.62 bits per heavy atom. The molecule has 37 heavy (non-hydrogen) atoms. The van der Waals surface area contributed by atoms with Gasteiger partial charge in [-0.2, -0.15) is 13.7 Å². The smallest absolute Gasteiger partial charge is 0.283 e. The number of rotatable bonds is 5. The number of imidazole rings is 1. The number of hydrogen-bond acceptors (Lipinski definition) is 7. The lowest BCUT2D eigenvalue weighted by atomic mass is 9.91. The Morgan fingerprint density at radius 1 is 1.00 bits per heavy atom. The third kappa shape index (κ3) is 4.34. The maximum absolute atomic E-state index is 13.9. The van der Waals surface area contributed by atoms with Crippen LogP contribution in [0.5, 0.6) is 0 Å². The molecule has 1 atom stereocenters. The first-order valence-corrected chi connectivity index (χ1v) is 12.9. The van der Waals surface area contributed by atoms with Gasteiger partial charge in [0.1, 0.15) is 11.6 Å². The van der Waals surface area contributed by atoms with Gasteiger partial charge in [-0.3, -0.25) is 13.9 Å². The molecule has 186 valence electrons. The minimum absolute atomic E-state index is 0.00445. The molecule has 0 spiro atoms. The fourth-order valence-corrected chi connectivity index (χ4v) is 5.58. The predicted octanol–water partition coefficient (Wildman–Crippen LogP) is 4.40. The molecule has 1 aliphatic rings. The third-order valence-corrected chi connectivity index (χ3v) is 7.28. The number of benzene rings is 2. The Bertz CT molecular complexity index is 1680. The average molecular weight is 555 g/mol. The molecule has 3 heterocycles. The number of carbonyl (C=O) groups excluding carboxylic acids is 1. The maximum Gasteiger partial charge on any atom is 0.312 e. The highest BCUT2D eigenvalue weighted by atomic mass is 35.5. The van der Waals surface area contributed by atoms with Crippen molar-refractivity contribution < 1.29 is 17.8 Å². The number of amides is 1. The van der Waals surface area contributed by atoms with Gasteiger partial charge in [0.05, 0.1) is 11.9 Å². The van der Waals surface area contributed by atoms with Crippen molar-refractivity contribution in [2.45, 2.75) is 23.9 Å². The van der Waals surface area contributed by atoms with Crippen LogP contribution in [-0.2, 0) is 26.9 Å². The molecule has 0 radical (unpaired) electrons. The van der Waals surface area contributed by atoms with Gasteiger partial charge in [0.15, 0.2) is 5.03 Å². The predicted molar refractivity (Wildman–Crippen MR) is 135 cm³/mol. The first-order valence-electron chi connectivity index (χ1n) is 10.7. The summed E-state index contributed by atoms with van der Waals surface area (Å²) in [5.41, 5.74) is 1.03. The molecular formula is C24H16Cl2N6O4S. The molecule has 2 aromatic carbocycles. The summed E-state index contributed by atoms with van der Waals surface area (Å²) >= 11 is 12.3. The lowest BCUT2D eigenvalue weighted by Crippen LogP contribution is -2.41. The zero-order valence-corrected chi connectivity index (χ0v) is 21.3. The van der Waals surface area contributed by atoms with Crippen LogP contribution < -0.4 is 4.90 Å². The van der Waals surface area contributed by atoms with E-state index in [0.29, 0.717) is 16.8 Å². The summed E-state index contributed by atoms with van der Waals surface area (Å²) in [6.45, 7) is 1.57. The van der Waals surface area contributed by atoms with E-state index in [4.69, 9.17) is 28.5 Å². The van der Waals surface area contributed by atoms with Crippen LogP contribution >= 0.6 is 23.2 Å². The molecule has 1 aliphatic heterocycles. The topological polar surface area (TPSA) is 142 Å². The largest absolute Gasteiger partial charge is 0.312 e. The Labute approximate surface area is 221 Å². The Kier molecular flexibility index (Phi) is 6.00. The Hall–Kier alpha value is -3.82. The van der Waals surface area contributed by atoms with Gasteiger partial charge in [-0.1, -0.05) is 47.5 Å². The van der Waals surface area contributed by atoms with Crippen LogP contribution in [0.2, 0.25) is 10.0 Å². The summed E-state index contributed by atoms with van der Waals surface area (Å²) in [7, 11) is -4.71. The molecule has 0 aliphatic carbocycles. The van der Waals surface area contributed by atoms with Crippen LogP contribution in [-0.4, -0.2) is 38.4 Å². The van der Waals surface area contributed by atoms with Crippen molar-refractivity contribution in [3.05, 3.63) is 82.5 Å². The minimum Gasteiger partial charge on any atom is -0.283 e. The van der Waals surface area contributed by atoms with E-state index in [0.717, 1.165) is 11.8 Å². The number of halogens is 2. The average Bonchev–Trinajstić information content (AvgIpc) is 3.37. The number of aromatic nitrogens is 4. The fourth-order valence-electron chi connectivity index (χ4n) is 4.36. The standard InChI is InChI=1S/C24H16Cl2N6O4S/c1-24(9-14-2-4-15(5-3-14)16-11-28-20(10-27)29-12-16)22(33)31(19-7-17(25)6-18(26)8-19)23-30-13-21(32(23)24)37(34,35)36/h2-8,11-13H,9H2,1H3,(H,34,35,36). The molecule has 0 bridgehead atoms. The van der Waals surface area contributed by atoms with Crippen LogP contribution in [0.1, 0.15) is 18.3 Å². The summed E-state index contributed by atoms with van der Waals surface area (Å²) in [6, 6.07) is 13.6. The molecule has 1 amide bonds. The third-order valence-electron chi connectivity index (χ3n) is 6.03. The molecule has 10 nitrogen and oxygen atoms in total. The first kappa shape index (κ1) is 24.9. The van der Waals surface area contributed by atoms with Gasteiger partial charge in [0.25, 0.3) is 5.91 Å². The fraction of sp³-hybridized carbons (Fsp3) is 0.125. The monoisotopic (exact) mass is 554 g/mol. The van der Waals surface area contributed by atoms with Crippen molar-refractivity contribution in [3.8, 4) is 17.2 Å². The summed E-state index contributed by atoms with van der Waals surface area (Å²) in [6.07, 6.45) is 4.15. The Balaban J connectivity index is 1.57. The van der Waals surface area contributed by atoms with Crippen LogP contribution in [0.15, 0.2) is 66.1 Å². The molecule has 0 saturated carbocycles. The zero-order valence-electron chi connectivity index (χ0n) is 19.0. The first-order chi connectivity index (χ1) is 17.5. The highest BCUT2D eigenvalue weighted by Crippen LogP contribution is 2.44. The van der Waals surface area contributed by atoms with Gasteiger partial charge in [0.2, 0.25) is 11.8 Å². The van der Waals surface area contributed by atoms with Gasteiger partial charge in [-0.15, -0.1) is 0 Å². The van der Waals surface area contributed by atoms with E-state index in [2.05, 4.69) is 15.0 Å². The lowest BCUT2D eigenvalue weighted by molar-refractivity contribution is -0.124. The van der Waals surface area contributed by atoms with Crippen molar-refractivity contribution in [1.82, 2.24) is 19.5 Å². The Morgan fingerprint density at radius 3 is 2.19 bits per heavy atom. The van der Waals surface area contributed by atoms with Gasteiger partial charge >= 0.3 is 10.1 Å². The molecule has 0 saturated heterocycles. The SMILES string of the molecule is CC1(Cc2ccc(-c3cnc(C#N)nc3)cc2)C(=O)N(c2cc(Cl)cc(Cl)c2)c2ncc(S(=O)(=O)O)n21. The molecule has 1 unspecified atom stereocenters. The molecule has 5 rings (SSSR count). The number of nitrogens with zero attached hydrogens (tertiary/aromatic N) is 6. The lowest BCUT2D eigenvalue weighted by Gasteiger charge is -2.26. The highest BCUT2D eigenvalue weighted by molar-refractivity contribution is 7.85. The van der Waals surface area contributed by atoms with Crippen molar-refractivity contribution in [3.63, 3.8) is 0 Å². The van der Waals surface area contributed by atoms with Gasteiger partial charge < -0.3 is 0 Å². The van der Waals surface area contributed by atoms with Gasteiger partial charge in [-0.05, 0) is 36.2 Å². The van der Waals surface area contributed by atoms with Crippen LogP contribution in [0.25, 0.3) is 11.1 Å². The second-order valence-corrected chi connectivity index (χ2v) is 10.8. The van der Waals surface area contributed by atoms with E-state index in [9.17, 15) is 17.8 Å². The molecule has 2 aromatic heterocycles. The van der Waals surface area contributed by atoms with Crippen molar-refractivity contribution in [1.29, 1.82) is 5.26 Å². The normalized spacial score (nSPS) is 17.1. The zero-order chi connectivity index (χ0) is 26.5. The van der Waals surface area contributed by atoms with Crippen molar-refractivity contribution in [2.75, 3.05) is 4.90 Å². The number of carbonyl (C=O) groups is 1. The second-order valence-electron chi connectivity index (χ2n) is 8.53. The van der Waals surface area contributed by atoms with Crippen molar-refractivity contribution >= 4 is 50.9 Å². The van der Waals surface area contributed by atoms with E-state index in [1.807, 2.05) is 6.07 Å². The summed E-state index contributed by atoms with van der Waals surface area (Å²) in [5.74, 6) is -0.419. The summed E-state index contributed by atoms with van der Waals surface area (Å²) in [4.78, 5) is 27.2.